The minimum atomic E-state index is -0.652. The molecule has 2 aromatic carbocycles. The first-order chi connectivity index (χ1) is 13.0. The van der Waals surface area contributed by atoms with E-state index in [2.05, 4.69) is 5.32 Å². The van der Waals surface area contributed by atoms with Crippen LogP contribution in [-0.4, -0.2) is 30.3 Å². The van der Waals surface area contributed by atoms with Crippen LogP contribution in [0.2, 0.25) is 0 Å². The number of ether oxygens (including phenoxy) is 1. The molecule has 0 heterocycles. The van der Waals surface area contributed by atoms with Gasteiger partial charge in [-0.15, -0.1) is 0 Å². The van der Waals surface area contributed by atoms with Crippen LogP contribution in [0.5, 0.6) is 0 Å². The Kier molecular flexibility index (Phi) is 7.49. The Morgan fingerprint density at radius 2 is 1.70 bits per heavy atom. The molecular formula is C22H23NO4. The summed E-state index contributed by atoms with van der Waals surface area (Å²) in [5.41, 5.74) is 2.87. The maximum atomic E-state index is 12.0. The Bertz CT molecular complexity index is 827. The van der Waals surface area contributed by atoms with Crippen molar-refractivity contribution < 1.29 is 19.1 Å². The molecule has 0 radical (unpaired) electrons. The summed E-state index contributed by atoms with van der Waals surface area (Å²) in [6, 6.07) is 16.4. The number of esters is 1. The number of carbonyl (C=O) groups excluding carboxylic acids is 3. The predicted octanol–water partition coefficient (Wildman–Crippen LogP) is 2.87. The Labute approximate surface area is 159 Å². The first kappa shape index (κ1) is 20.1. The molecule has 2 rings (SSSR count). The molecule has 0 aliphatic carbocycles. The lowest BCUT2D eigenvalue weighted by molar-refractivity contribution is -0.144. The molecule has 27 heavy (non-hydrogen) atoms. The average Bonchev–Trinajstić information content (AvgIpc) is 2.66. The highest BCUT2D eigenvalue weighted by Crippen LogP contribution is 2.09. The van der Waals surface area contributed by atoms with E-state index in [0.717, 1.165) is 16.7 Å². The maximum absolute atomic E-state index is 12.0. The van der Waals surface area contributed by atoms with Gasteiger partial charge < -0.3 is 10.1 Å². The van der Waals surface area contributed by atoms with E-state index >= 15 is 0 Å². The lowest BCUT2D eigenvalue weighted by atomic mass is 10.0. The molecule has 0 saturated carbocycles. The molecule has 0 bridgehead atoms. The lowest BCUT2D eigenvalue weighted by Gasteiger charge is -2.16. The second kappa shape index (κ2) is 10.1. The van der Waals surface area contributed by atoms with Crippen LogP contribution in [0.1, 0.15) is 23.6 Å². The highest BCUT2D eigenvalue weighted by molar-refractivity contribution is 5.91. The molecule has 1 amide bonds. The molecule has 0 saturated heterocycles. The molecule has 5 nitrogen and oxygen atoms in total. The van der Waals surface area contributed by atoms with Crippen LogP contribution in [0.15, 0.2) is 60.7 Å². The Balaban J connectivity index is 1.84. The van der Waals surface area contributed by atoms with Gasteiger partial charge in [-0.2, -0.15) is 0 Å². The number of benzene rings is 2. The van der Waals surface area contributed by atoms with Crippen molar-refractivity contribution in [3.05, 3.63) is 77.4 Å². The summed E-state index contributed by atoms with van der Waals surface area (Å²) in [7, 11) is 0. The third kappa shape index (κ3) is 6.90. The molecule has 0 unspecified atom stereocenters. The second-order valence-electron chi connectivity index (χ2n) is 6.22. The molecular weight excluding hydrogens is 342 g/mol. The molecule has 0 aliphatic heterocycles. The number of rotatable bonds is 8. The van der Waals surface area contributed by atoms with Gasteiger partial charge in [-0.25, -0.2) is 4.79 Å². The number of amides is 1. The molecule has 140 valence electrons. The van der Waals surface area contributed by atoms with Crippen molar-refractivity contribution in [1.29, 1.82) is 0 Å². The Morgan fingerprint density at radius 3 is 2.37 bits per heavy atom. The first-order valence-electron chi connectivity index (χ1n) is 8.70. The maximum Gasteiger partial charge on any atom is 0.331 e. The van der Waals surface area contributed by atoms with Crippen molar-refractivity contribution in [2.24, 2.45) is 0 Å². The topological polar surface area (TPSA) is 72.5 Å². The van der Waals surface area contributed by atoms with Crippen molar-refractivity contribution in [2.45, 2.75) is 26.3 Å². The molecule has 0 fully saturated rings. The summed E-state index contributed by atoms with van der Waals surface area (Å²) < 4.78 is 4.95. The summed E-state index contributed by atoms with van der Waals surface area (Å²) in [5.74, 6) is -1.28. The molecule has 2 aromatic rings. The Hall–Kier alpha value is -3.21. The van der Waals surface area contributed by atoms with Gasteiger partial charge in [-0.1, -0.05) is 54.6 Å². The standard InChI is InChI=1S/C22H23NO4/c1-16-8-6-7-11-19(16)12-13-22(26)27-15-21(25)23-20(17(2)24)14-18-9-4-3-5-10-18/h3-13,20H,14-15H2,1-2H3,(H,23,25)/b13-12+/t20-/m0/s1. The van der Waals surface area contributed by atoms with Crippen molar-refractivity contribution in [2.75, 3.05) is 6.61 Å². The number of hydrogen-bond donors (Lipinski definition) is 1. The van der Waals surface area contributed by atoms with E-state index in [0.29, 0.717) is 6.42 Å². The summed E-state index contributed by atoms with van der Waals surface area (Å²) in [6.45, 7) is 2.92. The number of ketones is 1. The number of Topliss-reactive ketones (excluding diaryl/α,β-unsaturated/α-hetero) is 1. The number of aryl methyl sites for hydroxylation is 1. The van der Waals surface area contributed by atoms with Crippen LogP contribution in [0, 0.1) is 6.92 Å². The van der Waals surface area contributed by atoms with Crippen molar-refractivity contribution >= 4 is 23.7 Å². The minimum absolute atomic E-state index is 0.155. The quantitative estimate of drug-likeness (QED) is 0.577. The molecule has 0 spiro atoms. The van der Waals surface area contributed by atoms with Crippen LogP contribution >= 0.6 is 0 Å². The summed E-state index contributed by atoms with van der Waals surface area (Å²) >= 11 is 0. The number of hydrogen-bond acceptors (Lipinski definition) is 4. The van der Waals surface area contributed by atoms with E-state index in [1.54, 1.807) is 6.08 Å². The SMILES string of the molecule is CC(=O)[C@H](Cc1ccccc1)NC(=O)COC(=O)/C=C/c1ccccc1C. The smallest absolute Gasteiger partial charge is 0.331 e. The highest BCUT2D eigenvalue weighted by Gasteiger charge is 2.18. The van der Waals surface area contributed by atoms with Gasteiger partial charge in [0.2, 0.25) is 0 Å². The second-order valence-corrected chi connectivity index (χ2v) is 6.22. The van der Waals surface area contributed by atoms with Crippen molar-refractivity contribution in [3.63, 3.8) is 0 Å². The Morgan fingerprint density at radius 1 is 1.04 bits per heavy atom. The third-order valence-corrected chi connectivity index (χ3v) is 4.04. The fraction of sp³-hybridized carbons (Fsp3) is 0.227. The minimum Gasteiger partial charge on any atom is -0.452 e. The molecule has 0 aliphatic rings. The van der Waals surface area contributed by atoms with Crippen molar-refractivity contribution in [1.82, 2.24) is 5.32 Å². The van der Waals surface area contributed by atoms with E-state index in [4.69, 9.17) is 4.74 Å². The van der Waals surface area contributed by atoms with Gasteiger partial charge in [0, 0.05) is 6.08 Å². The van der Waals surface area contributed by atoms with Gasteiger partial charge in [0.05, 0.1) is 6.04 Å². The van der Waals surface area contributed by atoms with Crippen LogP contribution in [0.3, 0.4) is 0 Å². The van der Waals surface area contributed by atoms with Crippen LogP contribution < -0.4 is 5.32 Å². The van der Waals surface area contributed by atoms with Gasteiger partial charge in [-0.3, -0.25) is 9.59 Å². The van der Waals surface area contributed by atoms with Crippen LogP contribution in [0.4, 0.5) is 0 Å². The molecule has 5 heteroatoms. The zero-order chi connectivity index (χ0) is 19.6. The van der Waals surface area contributed by atoms with Crippen molar-refractivity contribution in [3.8, 4) is 0 Å². The average molecular weight is 365 g/mol. The molecule has 1 N–H and O–H groups in total. The number of nitrogens with one attached hydrogen (secondary N) is 1. The van der Waals surface area contributed by atoms with Gasteiger partial charge in [0.1, 0.15) is 0 Å². The molecule has 1 atom stereocenters. The normalized spacial score (nSPS) is 11.8. The predicted molar refractivity (Wildman–Crippen MR) is 104 cm³/mol. The van der Waals surface area contributed by atoms with E-state index in [1.165, 1.54) is 13.0 Å². The first-order valence-corrected chi connectivity index (χ1v) is 8.70. The van der Waals surface area contributed by atoms with Crippen LogP contribution in [0.25, 0.3) is 6.08 Å². The van der Waals surface area contributed by atoms with Gasteiger partial charge >= 0.3 is 5.97 Å². The van der Waals surface area contributed by atoms with E-state index in [9.17, 15) is 14.4 Å². The van der Waals surface area contributed by atoms with Gasteiger partial charge in [0.15, 0.2) is 12.4 Å². The van der Waals surface area contributed by atoms with Gasteiger partial charge in [-0.05, 0) is 43.0 Å². The van der Waals surface area contributed by atoms with E-state index in [-0.39, 0.29) is 5.78 Å². The monoisotopic (exact) mass is 365 g/mol. The highest BCUT2D eigenvalue weighted by atomic mass is 16.5. The zero-order valence-corrected chi connectivity index (χ0v) is 15.5. The zero-order valence-electron chi connectivity index (χ0n) is 15.5. The van der Waals surface area contributed by atoms with E-state index in [1.807, 2.05) is 61.5 Å². The summed E-state index contributed by atoms with van der Waals surface area (Å²) in [4.78, 5) is 35.6. The fourth-order valence-electron chi connectivity index (χ4n) is 2.50. The largest absolute Gasteiger partial charge is 0.452 e. The number of carbonyl (C=O) groups is 3. The third-order valence-electron chi connectivity index (χ3n) is 4.04. The summed E-state index contributed by atoms with van der Waals surface area (Å²) in [6.07, 6.45) is 3.31. The molecule has 0 aromatic heterocycles. The van der Waals surface area contributed by atoms with Crippen LogP contribution in [-0.2, 0) is 25.5 Å². The van der Waals surface area contributed by atoms with E-state index < -0.39 is 24.5 Å². The lowest BCUT2D eigenvalue weighted by Crippen LogP contribution is -2.43. The fourth-order valence-corrected chi connectivity index (χ4v) is 2.50. The summed E-state index contributed by atoms with van der Waals surface area (Å²) in [5, 5.41) is 2.61. The van der Waals surface area contributed by atoms with Gasteiger partial charge in [0.25, 0.3) is 5.91 Å².